The van der Waals surface area contributed by atoms with Gasteiger partial charge < -0.3 is 13.6 Å². The van der Waals surface area contributed by atoms with Crippen molar-refractivity contribution in [2.75, 3.05) is 0 Å². The van der Waals surface area contributed by atoms with E-state index in [4.69, 9.17) is 13.6 Å². The van der Waals surface area contributed by atoms with Crippen molar-refractivity contribution in [3.05, 3.63) is 48.1 Å². The maximum atomic E-state index is 13.5. The highest BCUT2D eigenvalue weighted by atomic mass is 19.1. The van der Waals surface area contributed by atoms with Gasteiger partial charge in [-0.3, -0.25) is 0 Å². The number of ether oxygens (including phenoxy) is 1. The van der Waals surface area contributed by atoms with E-state index in [1.807, 2.05) is 0 Å². The molecule has 0 aliphatic carbocycles. The molecule has 2 aromatic heterocycles. The lowest BCUT2D eigenvalue weighted by molar-refractivity contribution is 0.181. The van der Waals surface area contributed by atoms with Crippen LogP contribution in [0.5, 0.6) is 5.75 Å². The molecule has 1 aromatic carbocycles. The molecule has 0 amide bonds. The van der Waals surface area contributed by atoms with E-state index >= 15 is 0 Å². The molecule has 0 aliphatic rings. The van der Waals surface area contributed by atoms with Gasteiger partial charge in [0.15, 0.2) is 23.6 Å². The molecule has 0 saturated carbocycles. The molecule has 0 fully saturated rings. The predicted octanol–water partition coefficient (Wildman–Crippen LogP) is 3.31. The van der Waals surface area contributed by atoms with Crippen LogP contribution in [-0.4, -0.2) is 15.2 Å². The number of aryl methyl sites for hydroxylation is 1. The van der Waals surface area contributed by atoms with Gasteiger partial charge >= 0.3 is 0 Å². The first kappa shape index (κ1) is 13.3. The van der Waals surface area contributed by atoms with Crippen LogP contribution in [0.25, 0.3) is 11.7 Å². The molecule has 108 valence electrons. The Morgan fingerprint density at radius 3 is 2.71 bits per heavy atom. The highest BCUT2D eigenvalue weighted by Gasteiger charge is 2.19. The van der Waals surface area contributed by atoms with Crippen LogP contribution in [0.4, 0.5) is 4.39 Å². The Kier molecular flexibility index (Phi) is 3.39. The number of oxazole rings is 1. The van der Waals surface area contributed by atoms with Crippen LogP contribution < -0.4 is 4.74 Å². The Balaban J connectivity index is 1.78. The van der Waals surface area contributed by atoms with E-state index in [9.17, 15) is 4.39 Å². The van der Waals surface area contributed by atoms with Crippen LogP contribution in [0.2, 0.25) is 0 Å². The minimum absolute atomic E-state index is 0.125. The second-order valence-electron chi connectivity index (χ2n) is 4.38. The summed E-state index contributed by atoms with van der Waals surface area (Å²) in [6.45, 7) is 3.40. The molecule has 0 radical (unpaired) electrons. The third-order valence-electron chi connectivity index (χ3n) is 2.76. The standard InChI is InChI=1S/C14H12FN3O3/c1-8(19-11-6-4-3-5-10(11)15)13-17-18-14(21-13)12-7-16-9(2)20-12/h3-8H,1-2H3. The van der Waals surface area contributed by atoms with E-state index in [2.05, 4.69) is 15.2 Å². The second-order valence-corrected chi connectivity index (χ2v) is 4.38. The first-order chi connectivity index (χ1) is 10.1. The van der Waals surface area contributed by atoms with Crippen molar-refractivity contribution in [3.8, 4) is 17.4 Å². The molecule has 0 bridgehead atoms. The van der Waals surface area contributed by atoms with Gasteiger partial charge in [-0.05, 0) is 19.1 Å². The van der Waals surface area contributed by atoms with E-state index in [1.165, 1.54) is 18.3 Å². The van der Waals surface area contributed by atoms with Crippen LogP contribution in [-0.2, 0) is 0 Å². The third kappa shape index (κ3) is 2.76. The quantitative estimate of drug-likeness (QED) is 0.733. The highest BCUT2D eigenvalue weighted by molar-refractivity contribution is 5.41. The topological polar surface area (TPSA) is 74.2 Å². The predicted molar refractivity (Wildman–Crippen MR) is 70.0 cm³/mol. The molecule has 0 spiro atoms. The molecular formula is C14H12FN3O3. The van der Waals surface area contributed by atoms with Gasteiger partial charge in [0, 0.05) is 6.92 Å². The van der Waals surface area contributed by atoms with Crippen molar-refractivity contribution in [2.45, 2.75) is 20.0 Å². The lowest BCUT2D eigenvalue weighted by Gasteiger charge is -2.11. The SMILES string of the molecule is Cc1ncc(-c2nnc(C(C)Oc3ccccc3F)o2)o1. The summed E-state index contributed by atoms with van der Waals surface area (Å²) in [6, 6.07) is 6.12. The number of nitrogens with zero attached hydrogens (tertiary/aromatic N) is 3. The van der Waals surface area contributed by atoms with Crippen LogP contribution >= 0.6 is 0 Å². The van der Waals surface area contributed by atoms with Crippen LogP contribution in [0, 0.1) is 12.7 Å². The smallest absolute Gasteiger partial charge is 0.285 e. The van der Waals surface area contributed by atoms with Crippen molar-refractivity contribution in [1.29, 1.82) is 0 Å². The average molecular weight is 289 g/mol. The van der Waals surface area contributed by atoms with E-state index in [-0.39, 0.29) is 17.5 Å². The Bertz CT molecular complexity index is 753. The van der Waals surface area contributed by atoms with Gasteiger partial charge in [-0.25, -0.2) is 9.37 Å². The van der Waals surface area contributed by atoms with Crippen LogP contribution in [0.15, 0.2) is 39.3 Å². The minimum atomic E-state index is -0.591. The van der Waals surface area contributed by atoms with Gasteiger partial charge in [0.05, 0.1) is 6.20 Å². The second kappa shape index (κ2) is 5.35. The monoisotopic (exact) mass is 289 g/mol. The zero-order chi connectivity index (χ0) is 14.8. The van der Waals surface area contributed by atoms with Gasteiger partial charge in [0.2, 0.25) is 5.76 Å². The number of benzene rings is 1. The number of aromatic nitrogens is 3. The number of rotatable bonds is 4. The summed E-state index contributed by atoms with van der Waals surface area (Å²) in [5.74, 6) is 0.983. The molecule has 7 heteroatoms. The van der Waals surface area contributed by atoms with Gasteiger partial charge in [-0.2, -0.15) is 0 Å². The maximum absolute atomic E-state index is 13.5. The summed E-state index contributed by atoms with van der Waals surface area (Å²) in [4.78, 5) is 3.95. The van der Waals surface area contributed by atoms with Crippen molar-refractivity contribution >= 4 is 0 Å². The fourth-order valence-corrected chi connectivity index (χ4v) is 1.74. The fourth-order valence-electron chi connectivity index (χ4n) is 1.74. The summed E-state index contributed by atoms with van der Waals surface area (Å²) < 4.78 is 29.7. The lowest BCUT2D eigenvalue weighted by atomic mass is 10.3. The molecule has 0 N–H and O–H groups in total. The first-order valence-electron chi connectivity index (χ1n) is 6.31. The van der Waals surface area contributed by atoms with Crippen LogP contribution in [0.1, 0.15) is 24.8 Å². The normalized spacial score (nSPS) is 12.3. The molecule has 0 saturated heterocycles. The Morgan fingerprint density at radius 1 is 1.19 bits per heavy atom. The molecule has 6 nitrogen and oxygen atoms in total. The summed E-state index contributed by atoms with van der Waals surface area (Å²) in [7, 11) is 0. The van der Waals surface area contributed by atoms with E-state index in [0.717, 1.165) is 0 Å². The van der Waals surface area contributed by atoms with Gasteiger partial charge in [0.25, 0.3) is 11.8 Å². The number of hydrogen-bond acceptors (Lipinski definition) is 6. The van der Waals surface area contributed by atoms with Crippen molar-refractivity contribution < 1.29 is 18.0 Å². The number of para-hydroxylation sites is 1. The van der Waals surface area contributed by atoms with Crippen molar-refractivity contribution in [2.24, 2.45) is 0 Å². The minimum Gasteiger partial charge on any atom is -0.478 e. The molecule has 1 atom stereocenters. The Hall–Kier alpha value is -2.70. The molecule has 2 heterocycles. The first-order valence-corrected chi connectivity index (χ1v) is 6.31. The highest BCUT2D eigenvalue weighted by Crippen LogP contribution is 2.26. The number of hydrogen-bond donors (Lipinski definition) is 0. The molecule has 3 rings (SSSR count). The molecule has 21 heavy (non-hydrogen) atoms. The van der Waals surface area contributed by atoms with Crippen LogP contribution in [0.3, 0.4) is 0 Å². The summed E-state index contributed by atoms with van der Waals surface area (Å²) in [5, 5.41) is 7.74. The zero-order valence-electron chi connectivity index (χ0n) is 11.4. The van der Waals surface area contributed by atoms with Crippen molar-refractivity contribution in [1.82, 2.24) is 15.2 Å². The fraction of sp³-hybridized carbons (Fsp3) is 0.214. The van der Waals surface area contributed by atoms with E-state index < -0.39 is 11.9 Å². The lowest BCUT2D eigenvalue weighted by Crippen LogP contribution is -2.04. The van der Waals surface area contributed by atoms with Crippen molar-refractivity contribution in [3.63, 3.8) is 0 Å². The zero-order valence-corrected chi connectivity index (χ0v) is 11.4. The van der Waals surface area contributed by atoms with Gasteiger partial charge in [-0.15, -0.1) is 10.2 Å². The molecular weight excluding hydrogens is 277 g/mol. The Labute approximate surface area is 119 Å². The number of halogens is 1. The molecule has 0 aliphatic heterocycles. The molecule has 3 aromatic rings. The summed E-state index contributed by atoms with van der Waals surface area (Å²) in [5.41, 5.74) is 0. The summed E-state index contributed by atoms with van der Waals surface area (Å²) >= 11 is 0. The van der Waals surface area contributed by atoms with Gasteiger partial charge in [-0.1, -0.05) is 12.1 Å². The van der Waals surface area contributed by atoms with E-state index in [1.54, 1.807) is 26.0 Å². The summed E-state index contributed by atoms with van der Waals surface area (Å²) in [6.07, 6.45) is 0.904. The molecule has 1 unspecified atom stereocenters. The Morgan fingerprint density at radius 2 is 2.00 bits per heavy atom. The maximum Gasteiger partial charge on any atom is 0.285 e. The van der Waals surface area contributed by atoms with E-state index in [0.29, 0.717) is 11.7 Å². The van der Waals surface area contributed by atoms with Gasteiger partial charge in [0.1, 0.15) is 0 Å². The largest absolute Gasteiger partial charge is 0.478 e. The average Bonchev–Trinajstić information content (AvgIpc) is 3.10. The third-order valence-corrected chi connectivity index (χ3v) is 2.76.